The van der Waals surface area contributed by atoms with Gasteiger partial charge in [0.25, 0.3) is 5.41 Å². The van der Waals surface area contributed by atoms with Gasteiger partial charge in [0.2, 0.25) is 5.91 Å². The number of carbonyl (C=O) groups is 1. The molecule has 0 atom stereocenters. The van der Waals surface area contributed by atoms with E-state index in [4.69, 9.17) is 0 Å². The molecule has 1 amide bonds. The molecule has 0 unspecified atom stereocenters. The Morgan fingerprint density at radius 1 is 1.50 bits per heavy atom. The molecule has 0 aliphatic carbocycles. The molecule has 3 heteroatoms. The molecule has 1 aliphatic rings. The van der Waals surface area contributed by atoms with Crippen LogP contribution in [0.3, 0.4) is 0 Å². The summed E-state index contributed by atoms with van der Waals surface area (Å²) in [5.41, 5.74) is -0.398. The molecular weight excluding hydrogens is 154 g/mol. The molecule has 0 N–H and O–H groups in total. The maximum atomic E-state index is 11.3. The summed E-state index contributed by atoms with van der Waals surface area (Å²) in [4.78, 5) is 23.4. The van der Waals surface area contributed by atoms with Gasteiger partial charge < -0.3 is 4.90 Å². The van der Waals surface area contributed by atoms with Gasteiger partial charge in [-0.15, -0.1) is 0 Å². The summed E-state index contributed by atoms with van der Waals surface area (Å²) in [7, 11) is 0. The molecule has 0 aromatic carbocycles. The number of amides is 1. The molecule has 0 aromatic heterocycles. The molecule has 1 aliphatic heterocycles. The van der Waals surface area contributed by atoms with Gasteiger partial charge in [-0.25, -0.2) is 0 Å². The van der Waals surface area contributed by atoms with Crippen LogP contribution in [0.15, 0.2) is 0 Å². The van der Waals surface area contributed by atoms with Gasteiger partial charge in [0, 0.05) is 10.7 Å². The molecule has 1 fully saturated rings. The van der Waals surface area contributed by atoms with E-state index < -0.39 is 5.41 Å². The van der Waals surface area contributed by atoms with Crippen molar-refractivity contribution in [2.24, 2.45) is 11.3 Å². The number of carbonyl (C=O) groups excluding carboxylic acids is 2. The lowest BCUT2D eigenvalue weighted by Crippen LogP contribution is -2.58. The van der Waals surface area contributed by atoms with E-state index in [1.54, 1.807) is 4.90 Å². The zero-order chi connectivity index (χ0) is 9.35. The molecule has 0 radical (unpaired) electrons. The van der Waals surface area contributed by atoms with E-state index in [2.05, 4.69) is 0 Å². The number of hydrogen-bond donors (Lipinski definition) is 0. The van der Waals surface area contributed by atoms with Gasteiger partial charge in [-0.3, -0.25) is 4.79 Å². The highest BCUT2D eigenvalue weighted by molar-refractivity contribution is 5.81. The highest BCUT2D eigenvalue weighted by Gasteiger charge is 2.53. The summed E-state index contributed by atoms with van der Waals surface area (Å²) in [6, 6.07) is 0. The third-order valence-electron chi connectivity index (χ3n) is 2.13. The van der Waals surface area contributed by atoms with Gasteiger partial charge in [-0.2, -0.15) is 0 Å². The average molecular weight is 168 g/mol. The average Bonchev–Trinajstić information content (AvgIpc) is 1.97. The topological polar surface area (TPSA) is 37.4 Å². The molecule has 12 heavy (non-hydrogen) atoms. The van der Waals surface area contributed by atoms with Crippen molar-refractivity contribution in [2.75, 3.05) is 13.1 Å². The fraction of sp³-hybridized carbons (Fsp3) is 0.778. The number of likely N-dealkylation sites (tertiary alicyclic amines) is 1. The van der Waals surface area contributed by atoms with E-state index in [-0.39, 0.29) is 11.8 Å². The van der Waals surface area contributed by atoms with Gasteiger partial charge in [0.05, 0.1) is 13.1 Å². The van der Waals surface area contributed by atoms with Crippen LogP contribution >= 0.6 is 0 Å². The Kier molecular flexibility index (Phi) is 2.16. The Labute approximate surface area is 72.7 Å². The van der Waals surface area contributed by atoms with Crippen molar-refractivity contribution in [3.05, 3.63) is 0 Å². The van der Waals surface area contributed by atoms with E-state index in [0.717, 1.165) is 0 Å². The quantitative estimate of drug-likeness (QED) is 0.566. The molecule has 0 aromatic rings. The second-order valence-electron chi connectivity index (χ2n) is 4.01. The van der Waals surface area contributed by atoms with Crippen LogP contribution in [0.25, 0.3) is 0 Å². The predicted octanol–water partition coefficient (Wildman–Crippen LogP) is 0.601. The van der Waals surface area contributed by atoms with Crippen molar-refractivity contribution in [2.45, 2.75) is 20.8 Å². The molecule has 1 heterocycles. The first-order valence-electron chi connectivity index (χ1n) is 4.16. The maximum absolute atomic E-state index is 11.3. The van der Waals surface area contributed by atoms with Crippen LogP contribution in [-0.4, -0.2) is 30.2 Å². The largest absolute Gasteiger partial charge is 0.516 e. The zero-order valence-corrected chi connectivity index (χ0v) is 7.76. The Morgan fingerprint density at radius 3 is 2.33 bits per heavy atom. The van der Waals surface area contributed by atoms with Crippen LogP contribution in [0, 0.1) is 11.3 Å². The molecule has 0 bridgehead atoms. The van der Waals surface area contributed by atoms with E-state index in [1.807, 2.05) is 27.1 Å². The standard InChI is InChI=1S/C9H14NO2/c1-7(2)8(12)10-4-9(3,5-10)6-11/h7H,4-5H2,1-3H3/q+1. The van der Waals surface area contributed by atoms with Crippen LogP contribution in [0.2, 0.25) is 0 Å². The third kappa shape index (κ3) is 1.46. The first kappa shape index (κ1) is 9.14. The van der Waals surface area contributed by atoms with Crippen molar-refractivity contribution in [1.82, 2.24) is 4.90 Å². The van der Waals surface area contributed by atoms with Crippen LogP contribution in [-0.2, 0) is 9.59 Å². The Morgan fingerprint density at radius 2 is 2.00 bits per heavy atom. The van der Waals surface area contributed by atoms with Crippen molar-refractivity contribution in [1.29, 1.82) is 0 Å². The molecule has 66 valence electrons. The molecule has 3 nitrogen and oxygen atoms in total. The molecule has 0 saturated carbocycles. The summed E-state index contributed by atoms with van der Waals surface area (Å²) in [5.74, 6) is 0.156. The SMILES string of the molecule is CC(C)C(=O)N1CC(C)([C+]=O)C1. The van der Waals surface area contributed by atoms with Gasteiger partial charge in [-0.05, 0) is 6.92 Å². The van der Waals surface area contributed by atoms with Crippen molar-refractivity contribution in [3.63, 3.8) is 0 Å². The third-order valence-corrected chi connectivity index (χ3v) is 2.13. The minimum atomic E-state index is -0.398. The predicted molar refractivity (Wildman–Crippen MR) is 45.2 cm³/mol. The number of nitrogens with zero attached hydrogens (tertiary/aromatic N) is 1. The van der Waals surface area contributed by atoms with Gasteiger partial charge >= 0.3 is 6.29 Å². The first-order valence-corrected chi connectivity index (χ1v) is 4.16. The van der Waals surface area contributed by atoms with Crippen molar-refractivity contribution < 1.29 is 9.59 Å². The van der Waals surface area contributed by atoms with Crippen molar-refractivity contribution >= 4 is 12.2 Å². The Bertz CT molecular complexity index is 205. The highest BCUT2D eigenvalue weighted by Crippen LogP contribution is 2.28. The summed E-state index contributed by atoms with van der Waals surface area (Å²) in [6.45, 7) is 6.62. The monoisotopic (exact) mass is 168 g/mol. The summed E-state index contributed by atoms with van der Waals surface area (Å²) in [5, 5.41) is 0. The summed E-state index contributed by atoms with van der Waals surface area (Å²) >= 11 is 0. The summed E-state index contributed by atoms with van der Waals surface area (Å²) < 4.78 is 0. The fourth-order valence-electron chi connectivity index (χ4n) is 1.38. The van der Waals surface area contributed by atoms with Gasteiger partial charge in [0.1, 0.15) is 0 Å². The Hall–Kier alpha value is -0.950. The smallest absolute Gasteiger partial charge is 0.331 e. The lowest BCUT2D eigenvalue weighted by molar-refractivity contribution is -0.142. The highest BCUT2D eigenvalue weighted by atomic mass is 16.2. The van der Waals surface area contributed by atoms with E-state index in [1.165, 1.54) is 0 Å². The second kappa shape index (κ2) is 2.83. The maximum Gasteiger partial charge on any atom is 0.516 e. The molecule has 0 spiro atoms. The van der Waals surface area contributed by atoms with Crippen molar-refractivity contribution in [3.8, 4) is 0 Å². The van der Waals surface area contributed by atoms with Crippen LogP contribution < -0.4 is 0 Å². The Balaban J connectivity index is 2.44. The lowest BCUT2D eigenvalue weighted by atomic mass is 9.83. The molecule has 1 rings (SSSR count). The first-order chi connectivity index (χ1) is 5.48. The summed E-state index contributed by atoms with van der Waals surface area (Å²) in [6.07, 6.45) is 1.96. The number of hydrogen-bond acceptors (Lipinski definition) is 2. The zero-order valence-electron chi connectivity index (χ0n) is 7.76. The van der Waals surface area contributed by atoms with Gasteiger partial charge in [0.15, 0.2) is 0 Å². The van der Waals surface area contributed by atoms with Crippen LogP contribution in [0.5, 0.6) is 0 Å². The van der Waals surface area contributed by atoms with Gasteiger partial charge in [-0.1, -0.05) is 13.8 Å². The lowest BCUT2D eigenvalue weighted by Gasteiger charge is -2.37. The molecule has 1 saturated heterocycles. The van der Waals surface area contributed by atoms with Crippen LogP contribution in [0.1, 0.15) is 20.8 Å². The molecular formula is C9H14NO2+. The number of rotatable bonds is 2. The fourth-order valence-corrected chi connectivity index (χ4v) is 1.38. The van der Waals surface area contributed by atoms with E-state index >= 15 is 0 Å². The van der Waals surface area contributed by atoms with E-state index in [9.17, 15) is 9.59 Å². The second-order valence-corrected chi connectivity index (χ2v) is 4.01. The van der Waals surface area contributed by atoms with Crippen LogP contribution in [0.4, 0.5) is 0 Å². The van der Waals surface area contributed by atoms with E-state index in [0.29, 0.717) is 13.1 Å². The minimum Gasteiger partial charge on any atom is -0.331 e. The normalized spacial score (nSPS) is 20.2. The minimum absolute atomic E-state index is 0.0289.